The highest BCUT2D eigenvalue weighted by molar-refractivity contribution is 6.33. The van der Waals surface area contributed by atoms with Gasteiger partial charge in [0.1, 0.15) is 0 Å². The van der Waals surface area contributed by atoms with Crippen LogP contribution >= 0.6 is 24.0 Å². The molecule has 0 atom stereocenters. The summed E-state index contributed by atoms with van der Waals surface area (Å²) in [7, 11) is 0. The van der Waals surface area contributed by atoms with E-state index < -0.39 is 23.1 Å². The van der Waals surface area contributed by atoms with Crippen molar-refractivity contribution in [1.82, 2.24) is 5.32 Å². The van der Waals surface area contributed by atoms with E-state index in [0.717, 1.165) is 12.1 Å². The first-order valence-electron chi connectivity index (χ1n) is 6.06. The Morgan fingerprint density at radius 1 is 1.30 bits per heavy atom. The van der Waals surface area contributed by atoms with E-state index in [1.54, 1.807) is 0 Å². The molecule has 0 bridgehead atoms. The van der Waals surface area contributed by atoms with E-state index in [1.165, 1.54) is 0 Å². The van der Waals surface area contributed by atoms with Gasteiger partial charge in [-0.05, 0) is 25.0 Å². The third kappa shape index (κ3) is 4.04. The van der Waals surface area contributed by atoms with E-state index in [2.05, 4.69) is 5.32 Å². The van der Waals surface area contributed by atoms with Crippen LogP contribution in [-0.4, -0.2) is 18.0 Å². The first-order valence-corrected chi connectivity index (χ1v) is 6.44. The summed E-state index contributed by atoms with van der Waals surface area (Å²) in [6.07, 6.45) is 1.26. The van der Waals surface area contributed by atoms with Gasteiger partial charge in [0.05, 0.1) is 16.1 Å². The van der Waals surface area contributed by atoms with E-state index in [0.29, 0.717) is 12.8 Å². The van der Waals surface area contributed by atoms with Crippen molar-refractivity contribution in [3.05, 3.63) is 34.4 Å². The zero-order valence-corrected chi connectivity index (χ0v) is 12.9. The number of nitrogens with one attached hydrogen (secondary N) is 1. The van der Waals surface area contributed by atoms with Gasteiger partial charge in [-0.3, -0.25) is 4.79 Å². The first-order chi connectivity index (χ1) is 8.89. The number of benzene rings is 1. The molecule has 3 nitrogen and oxygen atoms in total. The maximum atomic E-state index is 13.2. The molecular weight excluding hydrogens is 309 g/mol. The van der Waals surface area contributed by atoms with Crippen LogP contribution < -0.4 is 11.1 Å². The number of rotatable bonds is 5. The SMILES string of the molecule is CCC(CC)(CN)NC(=O)c1cc(F)c(F)cc1Cl.Cl. The van der Waals surface area contributed by atoms with Crippen molar-refractivity contribution in [2.24, 2.45) is 5.73 Å². The normalized spacial score (nSPS) is 10.9. The molecule has 0 saturated heterocycles. The zero-order chi connectivity index (χ0) is 14.6. The van der Waals surface area contributed by atoms with Crippen molar-refractivity contribution in [2.75, 3.05) is 6.54 Å². The molecule has 0 unspecified atom stereocenters. The number of carbonyl (C=O) groups excluding carboxylic acids is 1. The molecule has 1 aromatic carbocycles. The van der Waals surface area contributed by atoms with Crippen molar-refractivity contribution in [2.45, 2.75) is 32.2 Å². The lowest BCUT2D eigenvalue weighted by molar-refractivity contribution is 0.0895. The summed E-state index contributed by atoms with van der Waals surface area (Å²) >= 11 is 5.76. The minimum atomic E-state index is -1.11. The summed E-state index contributed by atoms with van der Waals surface area (Å²) in [6, 6.07) is 1.58. The molecule has 0 spiro atoms. The zero-order valence-electron chi connectivity index (χ0n) is 11.3. The molecular formula is C13H18Cl2F2N2O. The molecule has 0 aliphatic rings. The summed E-state index contributed by atoms with van der Waals surface area (Å²) in [6.45, 7) is 4.04. The molecule has 0 fully saturated rings. The number of hydrogen-bond acceptors (Lipinski definition) is 2. The molecule has 0 radical (unpaired) electrons. The van der Waals surface area contributed by atoms with Crippen molar-refractivity contribution in [3.63, 3.8) is 0 Å². The molecule has 0 aliphatic heterocycles. The molecule has 0 saturated carbocycles. The fourth-order valence-corrected chi connectivity index (χ4v) is 2.01. The van der Waals surface area contributed by atoms with E-state index >= 15 is 0 Å². The molecule has 20 heavy (non-hydrogen) atoms. The van der Waals surface area contributed by atoms with Crippen LogP contribution in [0.1, 0.15) is 37.0 Å². The fraction of sp³-hybridized carbons (Fsp3) is 0.462. The Labute approximate surface area is 128 Å². The third-order valence-corrected chi connectivity index (χ3v) is 3.69. The number of carbonyl (C=O) groups is 1. The Bertz CT molecular complexity index is 471. The highest BCUT2D eigenvalue weighted by Gasteiger charge is 2.28. The van der Waals surface area contributed by atoms with Crippen molar-refractivity contribution in [1.29, 1.82) is 0 Å². The monoisotopic (exact) mass is 326 g/mol. The van der Waals surface area contributed by atoms with Crippen LogP contribution in [0, 0.1) is 11.6 Å². The van der Waals surface area contributed by atoms with Crippen LogP contribution in [0.15, 0.2) is 12.1 Å². The molecule has 7 heteroatoms. The number of halogens is 4. The van der Waals surface area contributed by atoms with Crippen molar-refractivity contribution in [3.8, 4) is 0 Å². The van der Waals surface area contributed by atoms with Gasteiger partial charge in [-0.15, -0.1) is 12.4 Å². The van der Waals surface area contributed by atoms with E-state index in [-0.39, 0.29) is 29.5 Å². The Hall–Kier alpha value is -0.910. The van der Waals surface area contributed by atoms with Crippen molar-refractivity contribution >= 4 is 29.9 Å². The standard InChI is InChI=1S/C13H17ClF2N2O.ClH/c1-3-13(4-2,7-17)18-12(19)8-5-10(15)11(16)6-9(8)14;/h5-6H,3-4,7,17H2,1-2H3,(H,18,19);1H. The topological polar surface area (TPSA) is 55.1 Å². The van der Waals surface area contributed by atoms with Gasteiger partial charge < -0.3 is 11.1 Å². The Morgan fingerprint density at radius 3 is 2.25 bits per heavy atom. The smallest absolute Gasteiger partial charge is 0.253 e. The Kier molecular flexibility index (Phi) is 7.41. The average molecular weight is 327 g/mol. The molecule has 0 heterocycles. The summed E-state index contributed by atoms with van der Waals surface area (Å²) in [4.78, 5) is 12.1. The second-order valence-corrected chi connectivity index (χ2v) is 4.80. The predicted octanol–water partition coefficient (Wildman–Crippen LogP) is 3.29. The highest BCUT2D eigenvalue weighted by Crippen LogP contribution is 2.22. The predicted molar refractivity (Wildman–Crippen MR) is 78.4 cm³/mol. The largest absolute Gasteiger partial charge is 0.345 e. The van der Waals surface area contributed by atoms with E-state index in [1.807, 2.05) is 13.8 Å². The van der Waals surface area contributed by atoms with Gasteiger partial charge in [0.2, 0.25) is 0 Å². The minimum Gasteiger partial charge on any atom is -0.345 e. The molecule has 1 rings (SSSR count). The van der Waals surface area contributed by atoms with Gasteiger partial charge in [0.25, 0.3) is 5.91 Å². The van der Waals surface area contributed by atoms with Crippen LogP contribution in [0.3, 0.4) is 0 Å². The minimum absolute atomic E-state index is 0. The lowest BCUT2D eigenvalue weighted by Gasteiger charge is -2.31. The van der Waals surface area contributed by atoms with Crippen LogP contribution in [0.4, 0.5) is 8.78 Å². The Balaban J connectivity index is 0.00000361. The molecule has 1 amide bonds. The summed E-state index contributed by atoms with van der Waals surface area (Å²) < 4.78 is 26.1. The van der Waals surface area contributed by atoms with Gasteiger partial charge in [0, 0.05) is 6.54 Å². The van der Waals surface area contributed by atoms with Crippen LogP contribution in [0.2, 0.25) is 5.02 Å². The molecule has 3 N–H and O–H groups in total. The summed E-state index contributed by atoms with van der Waals surface area (Å²) in [5.41, 5.74) is 5.00. The third-order valence-electron chi connectivity index (χ3n) is 3.38. The van der Waals surface area contributed by atoms with Gasteiger partial charge in [-0.2, -0.15) is 0 Å². The van der Waals surface area contributed by atoms with Crippen LogP contribution in [0.25, 0.3) is 0 Å². The Morgan fingerprint density at radius 2 is 1.80 bits per heavy atom. The van der Waals surface area contributed by atoms with Gasteiger partial charge in [0.15, 0.2) is 11.6 Å². The maximum Gasteiger partial charge on any atom is 0.253 e. The average Bonchev–Trinajstić information content (AvgIpc) is 2.40. The van der Waals surface area contributed by atoms with E-state index in [9.17, 15) is 13.6 Å². The number of amides is 1. The quantitative estimate of drug-likeness (QED) is 0.816. The van der Waals surface area contributed by atoms with Gasteiger partial charge in [-0.25, -0.2) is 8.78 Å². The maximum absolute atomic E-state index is 13.2. The second kappa shape index (κ2) is 7.76. The van der Waals surface area contributed by atoms with Gasteiger partial charge in [-0.1, -0.05) is 25.4 Å². The molecule has 114 valence electrons. The number of hydrogen-bond donors (Lipinski definition) is 2. The van der Waals surface area contributed by atoms with Crippen LogP contribution in [0.5, 0.6) is 0 Å². The van der Waals surface area contributed by atoms with Gasteiger partial charge >= 0.3 is 0 Å². The lowest BCUT2D eigenvalue weighted by Crippen LogP contribution is -2.52. The summed E-state index contributed by atoms with van der Waals surface area (Å²) in [5.74, 6) is -2.75. The lowest BCUT2D eigenvalue weighted by atomic mass is 9.92. The number of nitrogens with two attached hydrogens (primary N) is 1. The fourth-order valence-electron chi connectivity index (χ4n) is 1.77. The second-order valence-electron chi connectivity index (χ2n) is 4.39. The molecule has 0 aliphatic carbocycles. The first kappa shape index (κ1) is 19.1. The van der Waals surface area contributed by atoms with E-state index in [4.69, 9.17) is 17.3 Å². The summed E-state index contributed by atoms with van der Waals surface area (Å²) in [5, 5.41) is 2.62. The highest BCUT2D eigenvalue weighted by atomic mass is 35.5. The molecule has 1 aromatic rings. The molecule has 0 aromatic heterocycles. The van der Waals surface area contributed by atoms with Crippen molar-refractivity contribution < 1.29 is 13.6 Å². The van der Waals surface area contributed by atoms with Crippen LogP contribution in [-0.2, 0) is 0 Å².